The highest BCUT2D eigenvalue weighted by molar-refractivity contribution is 5.93. The van der Waals surface area contributed by atoms with Gasteiger partial charge in [-0.05, 0) is 26.0 Å². The molecule has 0 heterocycles. The highest BCUT2D eigenvalue weighted by Gasteiger charge is 2.13. The van der Waals surface area contributed by atoms with Crippen molar-refractivity contribution < 1.29 is 14.8 Å². The highest BCUT2D eigenvalue weighted by Crippen LogP contribution is 2.14. The summed E-state index contributed by atoms with van der Waals surface area (Å²) in [5, 5.41) is 10.2. The molecule has 4 heteroatoms. The Kier molecular flexibility index (Phi) is 4.19. The van der Waals surface area contributed by atoms with Crippen molar-refractivity contribution in [2.24, 2.45) is 0 Å². The monoisotopic (exact) mass is 221 g/mol. The van der Waals surface area contributed by atoms with E-state index in [0.717, 1.165) is 5.56 Å². The number of aryl methyl sites for hydroxylation is 1. The van der Waals surface area contributed by atoms with Gasteiger partial charge < -0.3 is 4.79 Å². The van der Waals surface area contributed by atoms with Crippen LogP contribution in [0, 0.1) is 6.92 Å². The summed E-state index contributed by atoms with van der Waals surface area (Å²) in [5.74, 6) is -0.537. The fourth-order valence-electron chi connectivity index (χ4n) is 1.22. The number of ketones is 1. The van der Waals surface area contributed by atoms with Crippen molar-refractivity contribution in [1.29, 1.82) is 0 Å². The van der Waals surface area contributed by atoms with Gasteiger partial charge in [0.05, 0.1) is 5.69 Å². The van der Waals surface area contributed by atoms with Gasteiger partial charge in [0.25, 0.3) is 5.91 Å². The first-order valence-electron chi connectivity index (χ1n) is 5.08. The molecule has 0 spiro atoms. The lowest BCUT2D eigenvalue weighted by molar-refractivity contribution is -0.126. The molecule has 1 aromatic carbocycles. The molecule has 0 aliphatic carbocycles. The number of hydroxylamine groups is 1. The summed E-state index contributed by atoms with van der Waals surface area (Å²) in [5.41, 5.74) is 1.47. The predicted octanol–water partition coefficient (Wildman–Crippen LogP) is 2.09. The summed E-state index contributed by atoms with van der Waals surface area (Å²) >= 11 is 0. The van der Waals surface area contributed by atoms with Crippen molar-refractivity contribution in [1.82, 2.24) is 0 Å². The first-order chi connectivity index (χ1) is 7.50. The SMILES string of the molecule is CC(=O)CCC(=O)N(O)c1ccc(C)cc1. The van der Waals surface area contributed by atoms with Crippen LogP contribution in [-0.2, 0) is 9.59 Å². The first kappa shape index (κ1) is 12.4. The molecule has 16 heavy (non-hydrogen) atoms. The van der Waals surface area contributed by atoms with E-state index in [1.165, 1.54) is 6.92 Å². The molecule has 0 saturated heterocycles. The smallest absolute Gasteiger partial charge is 0.251 e. The van der Waals surface area contributed by atoms with Gasteiger partial charge >= 0.3 is 0 Å². The second-order valence-electron chi connectivity index (χ2n) is 3.74. The maximum atomic E-state index is 11.5. The Bertz CT molecular complexity index is 384. The lowest BCUT2D eigenvalue weighted by atomic mass is 10.2. The average molecular weight is 221 g/mol. The molecule has 86 valence electrons. The predicted molar refractivity (Wildman–Crippen MR) is 60.4 cm³/mol. The van der Waals surface area contributed by atoms with Crippen molar-refractivity contribution >= 4 is 17.4 Å². The quantitative estimate of drug-likeness (QED) is 0.625. The van der Waals surface area contributed by atoms with Gasteiger partial charge in [0.15, 0.2) is 0 Å². The maximum Gasteiger partial charge on any atom is 0.251 e. The van der Waals surface area contributed by atoms with Gasteiger partial charge in [-0.15, -0.1) is 0 Å². The molecule has 0 unspecified atom stereocenters. The van der Waals surface area contributed by atoms with Gasteiger partial charge in [-0.3, -0.25) is 10.0 Å². The number of nitrogens with zero attached hydrogens (tertiary/aromatic N) is 1. The van der Waals surface area contributed by atoms with Crippen LogP contribution in [0.3, 0.4) is 0 Å². The molecule has 1 amide bonds. The van der Waals surface area contributed by atoms with Crippen molar-refractivity contribution in [3.05, 3.63) is 29.8 Å². The Hall–Kier alpha value is -1.68. The number of anilines is 1. The standard InChI is InChI=1S/C12H15NO3/c1-9-3-6-11(7-4-9)13(16)12(15)8-5-10(2)14/h3-4,6-7,16H,5,8H2,1-2H3. The van der Waals surface area contributed by atoms with E-state index in [2.05, 4.69) is 0 Å². The van der Waals surface area contributed by atoms with E-state index in [1.54, 1.807) is 24.3 Å². The van der Waals surface area contributed by atoms with Crippen LogP contribution >= 0.6 is 0 Å². The number of hydrogen-bond acceptors (Lipinski definition) is 3. The number of amides is 1. The molecular formula is C12H15NO3. The van der Waals surface area contributed by atoms with Crippen molar-refractivity contribution in [2.75, 3.05) is 5.06 Å². The number of carbonyl (C=O) groups excluding carboxylic acids is 2. The minimum absolute atomic E-state index is 0.0275. The number of hydrogen-bond donors (Lipinski definition) is 1. The van der Waals surface area contributed by atoms with Crippen LogP contribution in [0.4, 0.5) is 5.69 Å². The van der Waals surface area contributed by atoms with E-state index in [1.807, 2.05) is 6.92 Å². The molecule has 0 aromatic heterocycles. The van der Waals surface area contributed by atoms with Gasteiger partial charge in [0.1, 0.15) is 5.78 Å². The van der Waals surface area contributed by atoms with Crippen LogP contribution in [0.15, 0.2) is 24.3 Å². The minimum atomic E-state index is -0.473. The number of Topliss-reactive ketones (excluding diaryl/α,β-unsaturated/α-hetero) is 1. The molecule has 0 radical (unpaired) electrons. The highest BCUT2D eigenvalue weighted by atomic mass is 16.5. The number of carbonyl (C=O) groups is 2. The molecule has 0 saturated carbocycles. The third-order valence-corrected chi connectivity index (χ3v) is 2.21. The lowest BCUT2D eigenvalue weighted by Crippen LogP contribution is -2.27. The first-order valence-corrected chi connectivity index (χ1v) is 5.08. The topological polar surface area (TPSA) is 57.6 Å². The number of benzene rings is 1. The van der Waals surface area contributed by atoms with E-state index in [9.17, 15) is 14.8 Å². The average Bonchev–Trinajstić information content (AvgIpc) is 2.26. The minimum Gasteiger partial charge on any atom is -0.300 e. The molecule has 0 atom stereocenters. The Morgan fingerprint density at radius 3 is 2.25 bits per heavy atom. The Morgan fingerprint density at radius 2 is 1.75 bits per heavy atom. The maximum absolute atomic E-state index is 11.5. The van der Waals surface area contributed by atoms with Crippen LogP contribution in [0.2, 0.25) is 0 Å². The third-order valence-electron chi connectivity index (χ3n) is 2.21. The fraction of sp³-hybridized carbons (Fsp3) is 0.333. The summed E-state index contributed by atoms with van der Waals surface area (Å²) in [6.45, 7) is 3.34. The summed E-state index contributed by atoms with van der Waals surface area (Å²) in [7, 11) is 0. The molecule has 1 rings (SSSR count). The van der Waals surface area contributed by atoms with Crippen molar-refractivity contribution in [3.8, 4) is 0 Å². The molecule has 0 fully saturated rings. The summed E-state index contributed by atoms with van der Waals surface area (Å²) in [4.78, 5) is 22.2. The zero-order chi connectivity index (χ0) is 12.1. The van der Waals surface area contributed by atoms with Gasteiger partial charge in [0.2, 0.25) is 0 Å². The zero-order valence-corrected chi connectivity index (χ0v) is 9.43. The van der Waals surface area contributed by atoms with Crippen LogP contribution in [0.25, 0.3) is 0 Å². The Labute approximate surface area is 94.5 Å². The van der Waals surface area contributed by atoms with Crippen LogP contribution in [0.5, 0.6) is 0 Å². The van der Waals surface area contributed by atoms with Crippen molar-refractivity contribution in [2.45, 2.75) is 26.7 Å². The second-order valence-corrected chi connectivity index (χ2v) is 3.74. The summed E-state index contributed by atoms with van der Waals surface area (Å²) < 4.78 is 0. The fourth-order valence-corrected chi connectivity index (χ4v) is 1.22. The van der Waals surface area contributed by atoms with Gasteiger partial charge in [-0.2, -0.15) is 5.06 Å². The largest absolute Gasteiger partial charge is 0.300 e. The Balaban J connectivity index is 2.63. The van der Waals surface area contributed by atoms with E-state index >= 15 is 0 Å². The number of rotatable bonds is 4. The lowest BCUT2D eigenvalue weighted by Gasteiger charge is -2.14. The molecule has 1 aromatic rings. The van der Waals surface area contributed by atoms with Crippen LogP contribution < -0.4 is 5.06 Å². The van der Waals surface area contributed by atoms with Crippen LogP contribution in [0.1, 0.15) is 25.3 Å². The molecular weight excluding hydrogens is 206 g/mol. The van der Waals surface area contributed by atoms with E-state index < -0.39 is 5.91 Å². The van der Waals surface area contributed by atoms with Gasteiger partial charge in [-0.25, -0.2) is 0 Å². The van der Waals surface area contributed by atoms with E-state index in [-0.39, 0.29) is 18.6 Å². The van der Waals surface area contributed by atoms with E-state index in [4.69, 9.17) is 0 Å². The van der Waals surface area contributed by atoms with E-state index in [0.29, 0.717) is 10.8 Å². The zero-order valence-electron chi connectivity index (χ0n) is 9.43. The molecule has 0 aliphatic rings. The molecule has 0 aliphatic heterocycles. The molecule has 1 N–H and O–H groups in total. The van der Waals surface area contributed by atoms with Gasteiger partial charge in [-0.1, -0.05) is 17.7 Å². The van der Waals surface area contributed by atoms with Crippen molar-refractivity contribution in [3.63, 3.8) is 0 Å². The Morgan fingerprint density at radius 1 is 1.19 bits per heavy atom. The normalized spacial score (nSPS) is 9.94. The summed E-state index contributed by atoms with van der Waals surface area (Å²) in [6.07, 6.45) is 0.182. The van der Waals surface area contributed by atoms with Gasteiger partial charge in [0, 0.05) is 12.8 Å². The molecule has 4 nitrogen and oxygen atoms in total. The second kappa shape index (κ2) is 5.42. The summed E-state index contributed by atoms with van der Waals surface area (Å²) in [6, 6.07) is 6.91. The van der Waals surface area contributed by atoms with Crippen LogP contribution in [-0.4, -0.2) is 16.9 Å². The third kappa shape index (κ3) is 3.47. The molecule has 0 bridgehead atoms.